The van der Waals surface area contributed by atoms with Crippen molar-refractivity contribution < 1.29 is 14.8 Å². The Kier molecular flexibility index (Phi) is 3.50. The van der Waals surface area contributed by atoms with Crippen molar-refractivity contribution >= 4 is 11.4 Å². The molecule has 1 atom stereocenters. The number of aliphatic hydroxyl groups is 1. The molecular formula is C10H13N3O4. The third kappa shape index (κ3) is 2.34. The Morgan fingerprint density at radius 1 is 1.71 bits per heavy atom. The zero-order chi connectivity index (χ0) is 12.3. The fourth-order valence-electron chi connectivity index (χ4n) is 1.89. The van der Waals surface area contributed by atoms with Crippen molar-refractivity contribution in [3.63, 3.8) is 0 Å². The molecule has 92 valence electrons. The number of aromatic nitrogens is 1. The van der Waals surface area contributed by atoms with Crippen molar-refractivity contribution in [2.75, 3.05) is 31.3 Å². The third-order valence-electron chi connectivity index (χ3n) is 2.72. The quantitative estimate of drug-likeness (QED) is 0.598. The normalized spacial score (nSPS) is 20.3. The van der Waals surface area contributed by atoms with Crippen molar-refractivity contribution in [2.24, 2.45) is 0 Å². The van der Waals surface area contributed by atoms with Gasteiger partial charge in [0.15, 0.2) is 0 Å². The SMILES string of the molecule is O=[N+]([O-])c1cnccc1N1CCOCC1CO. The van der Waals surface area contributed by atoms with Gasteiger partial charge in [-0.15, -0.1) is 0 Å². The van der Waals surface area contributed by atoms with E-state index in [0.717, 1.165) is 0 Å². The smallest absolute Gasteiger partial charge is 0.310 e. The van der Waals surface area contributed by atoms with Crippen LogP contribution in [0.1, 0.15) is 0 Å². The standard InChI is InChI=1S/C10H13N3O4/c14-6-8-7-17-4-3-12(8)9-1-2-11-5-10(9)13(15)16/h1-2,5,8,14H,3-4,6-7H2. The van der Waals surface area contributed by atoms with Gasteiger partial charge in [0.25, 0.3) is 0 Å². The number of pyridine rings is 1. The molecule has 2 rings (SSSR count). The van der Waals surface area contributed by atoms with Gasteiger partial charge in [-0.05, 0) is 6.07 Å². The van der Waals surface area contributed by atoms with Crippen LogP contribution >= 0.6 is 0 Å². The molecule has 7 nitrogen and oxygen atoms in total. The Morgan fingerprint density at radius 3 is 3.24 bits per heavy atom. The third-order valence-corrected chi connectivity index (χ3v) is 2.72. The molecule has 17 heavy (non-hydrogen) atoms. The lowest BCUT2D eigenvalue weighted by atomic mass is 10.2. The van der Waals surface area contributed by atoms with E-state index in [-0.39, 0.29) is 18.3 Å². The summed E-state index contributed by atoms with van der Waals surface area (Å²) in [5, 5.41) is 20.1. The lowest BCUT2D eigenvalue weighted by molar-refractivity contribution is -0.384. The van der Waals surface area contributed by atoms with E-state index in [4.69, 9.17) is 4.74 Å². The van der Waals surface area contributed by atoms with Gasteiger partial charge in [0.1, 0.15) is 11.9 Å². The minimum atomic E-state index is -0.466. The predicted octanol–water partition coefficient (Wildman–Crippen LogP) is 0.187. The van der Waals surface area contributed by atoms with Crippen LogP contribution in [0.25, 0.3) is 0 Å². The maximum absolute atomic E-state index is 10.9. The highest BCUT2D eigenvalue weighted by molar-refractivity contribution is 5.62. The summed E-state index contributed by atoms with van der Waals surface area (Å²) < 4.78 is 5.24. The van der Waals surface area contributed by atoms with Crippen molar-refractivity contribution in [1.82, 2.24) is 4.98 Å². The summed E-state index contributed by atoms with van der Waals surface area (Å²) in [4.78, 5) is 16.0. The molecule has 1 aliphatic heterocycles. The largest absolute Gasteiger partial charge is 0.394 e. The molecule has 1 aromatic rings. The van der Waals surface area contributed by atoms with E-state index in [0.29, 0.717) is 25.4 Å². The second-order valence-electron chi connectivity index (χ2n) is 3.73. The number of nitro groups is 1. The van der Waals surface area contributed by atoms with Crippen LogP contribution in [0.2, 0.25) is 0 Å². The first-order chi connectivity index (χ1) is 8.24. The fourth-order valence-corrected chi connectivity index (χ4v) is 1.89. The van der Waals surface area contributed by atoms with Crippen LogP contribution in [0.4, 0.5) is 11.4 Å². The van der Waals surface area contributed by atoms with E-state index in [9.17, 15) is 15.2 Å². The van der Waals surface area contributed by atoms with E-state index in [2.05, 4.69) is 4.98 Å². The average Bonchev–Trinajstić information content (AvgIpc) is 2.38. The Bertz CT molecular complexity index is 412. The highest BCUT2D eigenvalue weighted by Crippen LogP contribution is 2.29. The van der Waals surface area contributed by atoms with Gasteiger partial charge in [0.2, 0.25) is 0 Å². The van der Waals surface area contributed by atoms with Gasteiger partial charge in [-0.3, -0.25) is 15.1 Å². The van der Waals surface area contributed by atoms with Crippen molar-refractivity contribution in [3.05, 3.63) is 28.6 Å². The molecule has 1 fully saturated rings. The number of hydrogen-bond acceptors (Lipinski definition) is 6. The molecule has 1 unspecified atom stereocenters. The van der Waals surface area contributed by atoms with Gasteiger partial charge in [0.05, 0.1) is 30.8 Å². The van der Waals surface area contributed by atoms with Crippen LogP contribution in [0, 0.1) is 10.1 Å². The Hall–Kier alpha value is -1.73. The number of anilines is 1. The topological polar surface area (TPSA) is 88.7 Å². The number of aliphatic hydroxyl groups excluding tert-OH is 1. The summed E-state index contributed by atoms with van der Waals surface area (Å²) in [5.74, 6) is 0. The van der Waals surface area contributed by atoms with Gasteiger partial charge in [-0.25, -0.2) is 0 Å². The predicted molar refractivity (Wildman–Crippen MR) is 59.9 cm³/mol. The monoisotopic (exact) mass is 239 g/mol. The summed E-state index contributed by atoms with van der Waals surface area (Å²) in [6, 6.07) is 1.34. The van der Waals surface area contributed by atoms with E-state index in [1.54, 1.807) is 11.0 Å². The first kappa shape index (κ1) is 11.7. The van der Waals surface area contributed by atoms with Crippen molar-refractivity contribution in [2.45, 2.75) is 6.04 Å². The minimum absolute atomic E-state index is 0.0483. The summed E-state index contributed by atoms with van der Waals surface area (Å²) in [6.45, 7) is 1.29. The van der Waals surface area contributed by atoms with Gasteiger partial charge in [-0.2, -0.15) is 0 Å². The van der Waals surface area contributed by atoms with Gasteiger partial charge in [0, 0.05) is 12.7 Å². The molecule has 0 saturated carbocycles. The second-order valence-corrected chi connectivity index (χ2v) is 3.73. The lowest BCUT2D eigenvalue weighted by Crippen LogP contribution is -2.47. The second kappa shape index (κ2) is 5.07. The molecule has 0 bridgehead atoms. The summed E-state index contributed by atoms with van der Waals surface area (Å²) in [5.41, 5.74) is 0.431. The molecule has 0 aliphatic carbocycles. The number of hydrogen-bond donors (Lipinski definition) is 1. The number of ether oxygens (including phenoxy) is 1. The maximum atomic E-state index is 10.9. The molecule has 7 heteroatoms. The fraction of sp³-hybridized carbons (Fsp3) is 0.500. The van der Waals surface area contributed by atoms with E-state index < -0.39 is 4.92 Å². The van der Waals surface area contributed by atoms with Gasteiger partial charge in [-0.1, -0.05) is 0 Å². The molecule has 1 saturated heterocycles. The van der Waals surface area contributed by atoms with Crippen molar-refractivity contribution in [1.29, 1.82) is 0 Å². The van der Waals surface area contributed by atoms with Crippen LogP contribution < -0.4 is 4.90 Å². The molecule has 0 radical (unpaired) electrons. The maximum Gasteiger partial charge on any atom is 0.310 e. The van der Waals surface area contributed by atoms with Crippen LogP contribution in [-0.2, 0) is 4.74 Å². The minimum Gasteiger partial charge on any atom is -0.394 e. The molecule has 2 heterocycles. The van der Waals surface area contributed by atoms with Crippen LogP contribution in [0.3, 0.4) is 0 Å². The number of rotatable bonds is 3. The van der Waals surface area contributed by atoms with Crippen molar-refractivity contribution in [3.8, 4) is 0 Å². The molecular weight excluding hydrogens is 226 g/mol. The number of morpholine rings is 1. The highest BCUT2D eigenvalue weighted by Gasteiger charge is 2.27. The number of nitrogens with zero attached hydrogens (tertiary/aromatic N) is 3. The zero-order valence-electron chi connectivity index (χ0n) is 9.15. The van der Waals surface area contributed by atoms with E-state index in [1.165, 1.54) is 12.4 Å². The summed E-state index contributed by atoms with van der Waals surface area (Å²) in [7, 11) is 0. The first-order valence-electron chi connectivity index (χ1n) is 5.27. The van der Waals surface area contributed by atoms with E-state index >= 15 is 0 Å². The lowest BCUT2D eigenvalue weighted by Gasteiger charge is -2.35. The van der Waals surface area contributed by atoms with Gasteiger partial charge < -0.3 is 14.7 Å². The average molecular weight is 239 g/mol. The molecule has 1 N–H and O–H groups in total. The molecule has 0 spiro atoms. The Morgan fingerprint density at radius 2 is 2.53 bits per heavy atom. The molecule has 1 aromatic heterocycles. The molecule has 0 amide bonds. The van der Waals surface area contributed by atoms with Crippen LogP contribution in [-0.4, -0.2) is 47.4 Å². The first-order valence-corrected chi connectivity index (χ1v) is 5.27. The van der Waals surface area contributed by atoms with E-state index in [1.807, 2.05) is 0 Å². The van der Waals surface area contributed by atoms with Crippen LogP contribution in [0.15, 0.2) is 18.5 Å². The highest BCUT2D eigenvalue weighted by atomic mass is 16.6. The van der Waals surface area contributed by atoms with Gasteiger partial charge >= 0.3 is 5.69 Å². The summed E-state index contributed by atoms with van der Waals surface area (Å²) in [6.07, 6.45) is 2.73. The molecule has 1 aliphatic rings. The summed E-state index contributed by atoms with van der Waals surface area (Å²) >= 11 is 0. The van der Waals surface area contributed by atoms with Crippen LogP contribution in [0.5, 0.6) is 0 Å². The molecule has 0 aromatic carbocycles. The Labute approximate surface area is 97.8 Å². The Balaban J connectivity index is 2.34. The zero-order valence-corrected chi connectivity index (χ0v) is 9.15.